The van der Waals surface area contributed by atoms with Crippen LogP contribution in [0.1, 0.15) is 27.2 Å². The molecule has 3 aromatic rings. The molecule has 3 rings (SSSR count). The van der Waals surface area contributed by atoms with Crippen molar-refractivity contribution in [3.8, 4) is 0 Å². The molecule has 0 aliphatic heterocycles. The van der Waals surface area contributed by atoms with Gasteiger partial charge in [-0.1, -0.05) is 99.1 Å². The summed E-state index contributed by atoms with van der Waals surface area (Å²) in [5.41, 5.74) is 3.88. The molecule has 3 aromatic carbocycles. The van der Waals surface area contributed by atoms with Crippen LogP contribution in [0.15, 0.2) is 90.0 Å². The van der Waals surface area contributed by atoms with Gasteiger partial charge in [-0.15, -0.1) is 0 Å². The van der Waals surface area contributed by atoms with Gasteiger partial charge in [0, 0.05) is 24.3 Å². The second-order valence-electron chi connectivity index (χ2n) is 8.23. The van der Waals surface area contributed by atoms with E-state index >= 15 is 0 Å². The number of hydrogen-bond donors (Lipinski definition) is 1. The first kappa shape index (κ1) is 22.3. The highest BCUT2D eigenvalue weighted by atomic mass is 35.5. The summed E-state index contributed by atoms with van der Waals surface area (Å²) in [4.78, 5) is 0. The van der Waals surface area contributed by atoms with E-state index in [2.05, 4.69) is 92.0 Å². The van der Waals surface area contributed by atoms with Crippen molar-refractivity contribution < 1.29 is 4.43 Å². The zero-order valence-corrected chi connectivity index (χ0v) is 19.6. The van der Waals surface area contributed by atoms with Crippen LogP contribution in [-0.4, -0.2) is 21.1 Å². The average Bonchev–Trinajstić information content (AvgIpc) is 2.74. The molecular formula is C25H29ClN2OSi. The maximum atomic E-state index is 6.84. The summed E-state index contributed by atoms with van der Waals surface area (Å²) in [6, 6.07) is 28.9. The van der Waals surface area contributed by atoms with Crippen LogP contribution in [0.4, 0.5) is 5.69 Å². The van der Waals surface area contributed by atoms with E-state index in [9.17, 15) is 0 Å². The fourth-order valence-corrected chi connectivity index (χ4v) is 8.54. The summed E-state index contributed by atoms with van der Waals surface area (Å²) < 4.78 is 6.84. The lowest BCUT2D eigenvalue weighted by Gasteiger charge is -2.43. The number of halogens is 1. The summed E-state index contributed by atoms with van der Waals surface area (Å²) in [5, 5.41) is 7.55. The minimum absolute atomic E-state index is 0.0219. The predicted molar refractivity (Wildman–Crippen MR) is 132 cm³/mol. The standard InChI is InChI=1S/C25H29ClN2OSi/c1-25(2,3)30(23-14-6-4-7-15-23,24-16-8-5-9-17-24)29-19-11-18-27-28-22-13-10-12-21(26)20-22/h4-10,12-18,20,28H,11,19H2,1-3H3/b27-18+. The van der Waals surface area contributed by atoms with Gasteiger partial charge < -0.3 is 4.43 Å². The zero-order chi connectivity index (χ0) is 21.5. The van der Waals surface area contributed by atoms with Crippen molar-refractivity contribution in [2.75, 3.05) is 12.0 Å². The number of anilines is 1. The average molecular weight is 437 g/mol. The highest BCUT2D eigenvalue weighted by Gasteiger charge is 2.49. The van der Waals surface area contributed by atoms with E-state index in [1.54, 1.807) is 0 Å². The van der Waals surface area contributed by atoms with Crippen molar-refractivity contribution in [2.45, 2.75) is 32.2 Å². The molecule has 0 saturated heterocycles. The minimum Gasteiger partial charge on any atom is -0.407 e. The third kappa shape index (κ3) is 5.20. The van der Waals surface area contributed by atoms with E-state index in [0.29, 0.717) is 11.6 Å². The number of rotatable bonds is 8. The Balaban J connectivity index is 1.77. The molecule has 0 aliphatic rings. The van der Waals surface area contributed by atoms with Crippen LogP contribution < -0.4 is 15.8 Å². The Labute approximate surface area is 185 Å². The Bertz CT molecular complexity index is 916. The first-order valence-electron chi connectivity index (χ1n) is 10.2. The minimum atomic E-state index is -2.48. The molecule has 0 amide bonds. The number of nitrogens with one attached hydrogen (secondary N) is 1. The molecular weight excluding hydrogens is 408 g/mol. The van der Waals surface area contributed by atoms with Crippen molar-refractivity contribution in [1.29, 1.82) is 0 Å². The normalized spacial score (nSPS) is 12.3. The van der Waals surface area contributed by atoms with Crippen LogP contribution in [0.2, 0.25) is 10.1 Å². The third-order valence-electron chi connectivity index (χ3n) is 5.09. The van der Waals surface area contributed by atoms with Crippen molar-refractivity contribution in [2.24, 2.45) is 5.10 Å². The SMILES string of the molecule is CC(C)(C)[Si](OCC/C=N/Nc1cccc(Cl)c1)(c1ccccc1)c1ccccc1. The highest BCUT2D eigenvalue weighted by molar-refractivity contribution is 6.99. The van der Waals surface area contributed by atoms with Crippen LogP contribution in [0.25, 0.3) is 0 Å². The summed E-state index contributed by atoms with van der Waals surface area (Å²) in [5.74, 6) is 0. The van der Waals surface area contributed by atoms with E-state index in [0.717, 1.165) is 12.1 Å². The summed E-state index contributed by atoms with van der Waals surface area (Å²) in [6.45, 7) is 7.46. The Morgan fingerprint density at radius 2 is 1.50 bits per heavy atom. The Kier molecular flexibility index (Phi) is 7.48. The number of hydrogen-bond acceptors (Lipinski definition) is 3. The van der Waals surface area contributed by atoms with Crippen LogP contribution in [-0.2, 0) is 4.43 Å². The van der Waals surface area contributed by atoms with Gasteiger partial charge in [-0.2, -0.15) is 5.10 Å². The molecule has 0 unspecified atom stereocenters. The number of nitrogens with zero attached hydrogens (tertiary/aromatic N) is 1. The van der Waals surface area contributed by atoms with Crippen LogP contribution >= 0.6 is 11.6 Å². The Hall–Kier alpha value is -2.40. The number of benzene rings is 3. The fraction of sp³-hybridized carbons (Fsp3) is 0.240. The van der Waals surface area contributed by atoms with Crippen molar-refractivity contribution in [3.05, 3.63) is 90.0 Å². The van der Waals surface area contributed by atoms with Gasteiger partial charge in [-0.25, -0.2) is 0 Å². The lowest BCUT2D eigenvalue weighted by Crippen LogP contribution is -2.66. The van der Waals surface area contributed by atoms with E-state index < -0.39 is 8.32 Å². The quantitative estimate of drug-likeness (QED) is 0.212. The van der Waals surface area contributed by atoms with Crippen molar-refractivity contribution in [1.82, 2.24) is 0 Å². The molecule has 156 valence electrons. The van der Waals surface area contributed by atoms with Crippen molar-refractivity contribution >= 4 is 42.2 Å². The second-order valence-corrected chi connectivity index (χ2v) is 13.0. The van der Waals surface area contributed by atoms with Gasteiger partial charge in [0.15, 0.2) is 0 Å². The molecule has 0 heterocycles. The maximum absolute atomic E-state index is 6.84. The second kappa shape index (κ2) is 10.1. The molecule has 5 heteroatoms. The van der Waals surface area contributed by atoms with E-state index in [1.165, 1.54) is 10.4 Å². The molecule has 0 aliphatic carbocycles. The highest BCUT2D eigenvalue weighted by Crippen LogP contribution is 2.36. The van der Waals surface area contributed by atoms with Gasteiger partial charge in [0.05, 0.1) is 5.69 Å². The van der Waals surface area contributed by atoms with Crippen LogP contribution in [0.3, 0.4) is 0 Å². The zero-order valence-electron chi connectivity index (χ0n) is 17.8. The monoisotopic (exact) mass is 436 g/mol. The van der Waals surface area contributed by atoms with Crippen molar-refractivity contribution in [3.63, 3.8) is 0 Å². The van der Waals surface area contributed by atoms with E-state index in [4.69, 9.17) is 16.0 Å². The fourth-order valence-electron chi connectivity index (χ4n) is 3.77. The summed E-state index contributed by atoms with van der Waals surface area (Å²) in [6.07, 6.45) is 2.58. The summed E-state index contributed by atoms with van der Waals surface area (Å²) in [7, 11) is -2.48. The van der Waals surface area contributed by atoms with Gasteiger partial charge in [-0.3, -0.25) is 5.43 Å². The van der Waals surface area contributed by atoms with Gasteiger partial charge >= 0.3 is 0 Å². The first-order chi connectivity index (χ1) is 14.4. The Morgan fingerprint density at radius 3 is 2.03 bits per heavy atom. The molecule has 0 atom stereocenters. The van der Waals surface area contributed by atoms with E-state index in [1.807, 2.05) is 30.5 Å². The van der Waals surface area contributed by atoms with Crippen LogP contribution in [0.5, 0.6) is 0 Å². The van der Waals surface area contributed by atoms with Gasteiger partial charge in [0.1, 0.15) is 0 Å². The largest absolute Gasteiger partial charge is 0.407 e. The first-order valence-corrected chi connectivity index (χ1v) is 12.5. The molecule has 30 heavy (non-hydrogen) atoms. The lowest BCUT2D eigenvalue weighted by molar-refractivity contribution is 0.309. The molecule has 0 spiro atoms. The van der Waals surface area contributed by atoms with Crippen LogP contribution in [0, 0.1) is 0 Å². The third-order valence-corrected chi connectivity index (χ3v) is 10.4. The van der Waals surface area contributed by atoms with Gasteiger partial charge in [-0.05, 0) is 33.6 Å². The maximum Gasteiger partial charge on any atom is 0.261 e. The molecule has 0 bridgehead atoms. The van der Waals surface area contributed by atoms with E-state index in [-0.39, 0.29) is 5.04 Å². The molecule has 3 nitrogen and oxygen atoms in total. The number of hydrazone groups is 1. The predicted octanol–water partition coefficient (Wildman–Crippen LogP) is 5.70. The summed E-state index contributed by atoms with van der Waals surface area (Å²) >= 11 is 6.01. The molecule has 0 fully saturated rings. The van der Waals surface area contributed by atoms with Gasteiger partial charge in [0.2, 0.25) is 0 Å². The molecule has 0 saturated carbocycles. The Morgan fingerprint density at radius 1 is 0.900 bits per heavy atom. The molecule has 0 aromatic heterocycles. The van der Waals surface area contributed by atoms with Gasteiger partial charge in [0.25, 0.3) is 8.32 Å². The molecule has 1 N–H and O–H groups in total. The topological polar surface area (TPSA) is 33.6 Å². The molecule has 0 radical (unpaired) electrons. The lowest BCUT2D eigenvalue weighted by atomic mass is 10.2. The smallest absolute Gasteiger partial charge is 0.261 e.